The highest BCUT2D eigenvalue weighted by molar-refractivity contribution is 7.99. The summed E-state index contributed by atoms with van der Waals surface area (Å²) >= 11 is 1.64. The molecular formula is C30H32F2N6O3S. The maximum atomic E-state index is 15.4. The first-order valence-electron chi connectivity index (χ1n) is 13.5. The zero-order chi connectivity index (χ0) is 30.0. The van der Waals surface area contributed by atoms with E-state index in [1.54, 1.807) is 66.4 Å². The molecule has 1 saturated heterocycles. The van der Waals surface area contributed by atoms with Gasteiger partial charge in [-0.05, 0) is 50.0 Å². The molecule has 0 spiro atoms. The molecule has 2 aromatic heterocycles. The molecule has 0 radical (unpaired) electrons. The van der Waals surface area contributed by atoms with E-state index in [2.05, 4.69) is 9.97 Å². The number of likely N-dealkylation sites (N-methyl/N-ethyl adjacent to an activating group) is 2. The Bertz CT molecular complexity index is 1570. The quantitative estimate of drug-likeness (QED) is 0.297. The van der Waals surface area contributed by atoms with Gasteiger partial charge in [-0.1, -0.05) is 12.1 Å². The second-order valence-electron chi connectivity index (χ2n) is 10.4. The van der Waals surface area contributed by atoms with E-state index in [0.29, 0.717) is 51.6 Å². The van der Waals surface area contributed by atoms with Crippen molar-refractivity contribution < 1.29 is 23.8 Å². The molecule has 2 aromatic carbocycles. The second-order valence-corrected chi connectivity index (χ2v) is 11.7. The fourth-order valence-corrected chi connectivity index (χ4v) is 5.71. The smallest absolute Gasteiger partial charge is 0.272 e. The Morgan fingerprint density at radius 2 is 1.69 bits per heavy atom. The van der Waals surface area contributed by atoms with Crippen molar-refractivity contribution in [3.05, 3.63) is 77.8 Å². The number of hydrogen-bond acceptors (Lipinski definition) is 9. The second kappa shape index (κ2) is 12.4. The molecule has 220 valence electrons. The molecule has 1 amide bonds. The van der Waals surface area contributed by atoms with Crippen LogP contribution in [0.2, 0.25) is 0 Å². The summed E-state index contributed by atoms with van der Waals surface area (Å²) in [6.45, 7) is 1.87. The van der Waals surface area contributed by atoms with E-state index in [1.807, 2.05) is 19.0 Å². The molecule has 1 fully saturated rings. The summed E-state index contributed by atoms with van der Waals surface area (Å²) in [5.74, 6) is -3.87. The first kappa shape index (κ1) is 29.9. The Hall–Kier alpha value is -3.55. The van der Waals surface area contributed by atoms with Crippen LogP contribution in [0.15, 0.2) is 54.9 Å². The van der Waals surface area contributed by atoms with E-state index in [1.165, 1.54) is 4.90 Å². The number of benzene rings is 2. The molecule has 2 N–H and O–H groups in total. The van der Waals surface area contributed by atoms with Gasteiger partial charge >= 0.3 is 0 Å². The molecule has 4 aromatic rings. The van der Waals surface area contributed by atoms with Crippen molar-refractivity contribution in [2.24, 2.45) is 0 Å². The number of aliphatic hydroxyl groups is 2. The van der Waals surface area contributed by atoms with Gasteiger partial charge < -0.3 is 20.0 Å². The van der Waals surface area contributed by atoms with E-state index < -0.39 is 23.1 Å². The number of amides is 1. The van der Waals surface area contributed by atoms with E-state index in [0.717, 1.165) is 18.7 Å². The summed E-state index contributed by atoms with van der Waals surface area (Å²) in [5.41, 5.74) is 2.08. The average Bonchev–Trinajstić information content (AvgIpc) is 2.99. The molecule has 0 aliphatic carbocycles. The molecule has 9 nitrogen and oxygen atoms in total. The molecule has 0 unspecified atom stereocenters. The summed E-state index contributed by atoms with van der Waals surface area (Å²) in [6.07, 6.45) is 3.11. The fraction of sp³-hybridized carbons (Fsp3) is 0.333. The van der Waals surface area contributed by atoms with E-state index in [4.69, 9.17) is 4.98 Å². The Kier molecular flexibility index (Phi) is 8.81. The lowest BCUT2D eigenvalue weighted by Gasteiger charge is -2.37. The Balaban J connectivity index is 1.46. The Morgan fingerprint density at radius 3 is 2.33 bits per heavy atom. The number of carbonyl (C=O) groups excluding carboxylic acids is 1. The van der Waals surface area contributed by atoms with Gasteiger partial charge in [0.05, 0.1) is 28.5 Å². The van der Waals surface area contributed by atoms with Crippen molar-refractivity contribution in [1.82, 2.24) is 29.7 Å². The zero-order valence-corrected chi connectivity index (χ0v) is 24.4. The molecular weight excluding hydrogens is 562 g/mol. The van der Waals surface area contributed by atoms with Crippen LogP contribution in [0.4, 0.5) is 8.78 Å². The van der Waals surface area contributed by atoms with Gasteiger partial charge in [-0.25, -0.2) is 18.7 Å². The van der Waals surface area contributed by atoms with Gasteiger partial charge in [0.1, 0.15) is 17.3 Å². The molecule has 5 rings (SSSR count). The number of hydrogen-bond donors (Lipinski definition) is 2. The van der Waals surface area contributed by atoms with Crippen molar-refractivity contribution in [3.8, 4) is 22.4 Å². The first-order chi connectivity index (χ1) is 20.1. The molecule has 0 saturated carbocycles. The molecule has 0 atom stereocenters. The van der Waals surface area contributed by atoms with Crippen LogP contribution in [-0.4, -0.2) is 105 Å². The number of thioether (sulfide) groups is 1. The van der Waals surface area contributed by atoms with Gasteiger partial charge in [-0.15, -0.1) is 0 Å². The van der Waals surface area contributed by atoms with Gasteiger partial charge in [0.25, 0.3) is 11.8 Å². The first-order valence-corrected chi connectivity index (χ1v) is 14.6. The van der Waals surface area contributed by atoms with Gasteiger partial charge in [0, 0.05) is 62.1 Å². The van der Waals surface area contributed by atoms with E-state index in [9.17, 15) is 15.0 Å². The van der Waals surface area contributed by atoms with Crippen molar-refractivity contribution in [3.63, 3.8) is 0 Å². The van der Waals surface area contributed by atoms with Crippen LogP contribution in [-0.2, 0) is 5.91 Å². The maximum Gasteiger partial charge on any atom is 0.272 e. The SMILES string of the molecule is CN(C)CCN(C)C(=O)c1ccc(-c2cnc3cccc(-c4cc(F)c(C(O)(O)N5CCSCC5)c(F)c4)c3n2)cn1. The van der Waals surface area contributed by atoms with Crippen LogP contribution in [0.1, 0.15) is 16.1 Å². The Morgan fingerprint density at radius 1 is 0.976 bits per heavy atom. The molecule has 12 heteroatoms. The van der Waals surface area contributed by atoms with Gasteiger partial charge in [0.15, 0.2) is 0 Å². The van der Waals surface area contributed by atoms with E-state index in [-0.39, 0.29) is 24.6 Å². The predicted molar refractivity (Wildman–Crippen MR) is 159 cm³/mol. The number of fused-ring (bicyclic) bond motifs is 1. The fourth-order valence-electron chi connectivity index (χ4n) is 4.81. The van der Waals surface area contributed by atoms with Crippen molar-refractivity contribution >= 4 is 28.7 Å². The lowest BCUT2D eigenvalue weighted by atomic mass is 9.99. The summed E-state index contributed by atoms with van der Waals surface area (Å²) in [5, 5.41) is 21.5. The summed E-state index contributed by atoms with van der Waals surface area (Å²) in [6, 6.07) is 10.6. The topological polar surface area (TPSA) is 106 Å². The highest BCUT2D eigenvalue weighted by Gasteiger charge is 2.40. The third-order valence-electron chi connectivity index (χ3n) is 7.22. The molecule has 42 heavy (non-hydrogen) atoms. The van der Waals surface area contributed by atoms with Gasteiger partial charge in [-0.3, -0.25) is 14.8 Å². The van der Waals surface area contributed by atoms with Crippen LogP contribution >= 0.6 is 11.8 Å². The third-order valence-corrected chi connectivity index (χ3v) is 8.16. The number of aromatic nitrogens is 3. The highest BCUT2D eigenvalue weighted by Crippen LogP contribution is 2.35. The largest absolute Gasteiger partial charge is 0.349 e. The van der Waals surface area contributed by atoms with Crippen LogP contribution in [0.3, 0.4) is 0 Å². The normalized spacial score (nSPS) is 14.5. The molecule has 1 aliphatic heterocycles. The zero-order valence-electron chi connectivity index (χ0n) is 23.6. The molecule has 3 heterocycles. The number of nitrogens with zero attached hydrogens (tertiary/aromatic N) is 6. The lowest BCUT2D eigenvalue weighted by Crippen LogP contribution is -2.50. The number of carbonyl (C=O) groups is 1. The van der Waals surface area contributed by atoms with E-state index >= 15 is 8.78 Å². The van der Waals surface area contributed by atoms with Gasteiger partial charge in [-0.2, -0.15) is 11.8 Å². The average molecular weight is 595 g/mol. The third kappa shape index (κ3) is 6.13. The standard InChI is InChI=1S/C30H32F2N6O3S/c1-36(2)9-10-37(3)29(39)25-8-7-19(17-33-25)26-18-34-24-6-4-5-21(28(24)35-26)20-15-22(31)27(23(32)16-20)30(40,41)38-11-13-42-14-12-38/h4-8,15-18,40-41H,9-14H2,1-3H3. The van der Waals surface area contributed by atoms with Crippen LogP contribution in [0, 0.1) is 11.6 Å². The van der Waals surface area contributed by atoms with Crippen molar-refractivity contribution in [2.45, 2.75) is 5.91 Å². The minimum atomic E-state index is -2.78. The van der Waals surface area contributed by atoms with Crippen molar-refractivity contribution in [2.75, 3.05) is 58.8 Å². The summed E-state index contributed by atoms with van der Waals surface area (Å²) < 4.78 is 30.7. The van der Waals surface area contributed by atoms with Crippen LogP contribution < -0.4 is 0 Å². The number of halogens is 2. The molecule has 1 aliphatic rings. The molecule has 0 bridgehead atoms. The lowest BCUT2D eigenvalue weighted by molar-refractivity contribution is -0.276. The minimum Gasteiger partial charge on any atom is -0.349 e. The maximum absolute atomic E-state index is 15.4. The number of para-hydroxylation sites is 1. The number of pyridine rings is 1. The minimum absolute atomic E-state index is 0.177. The highest BCUT2D eigenvalue weighted by atomic mass is 32.2. The summed E-state index contributed by atoms with van der Waals surface area (Å²) in [7, 11) is 5.60. The predicted octanol–water partition coefficient (Wildman–Crippen LogP) is 3.41. The van der Waals surface area contributed by atoms with Gasteiger partial charge in [0.2, 0.25) is 0 Å². The number of rotatable bonds is 8. The van der Waals surface area contributed by atoms with Crippen LogP contribution in [0.5, 0.6) is 0 Å². The van der Waals surface area contributed by atoms with Crippen molar-refractivity contribution in [1.29, 1.82) is 0 Å². The monoisotopic (exact) mass is 594 g/mol. The Labute approximate surface area is 246 Å². The summed E-state index contributed by atoms with van der Waals surface area (Å²) in [4.78, 5) is 31.1. The van der Waals surface area contributed by atoms with Crippen LogP contribution in [0.25, 0.3) is 33.4 Å².